The maximum atomic E-state index is 11.8. The molecule has 0 radical (unpaired) electrons. The van der Waals surface area contributed by atoms with Gasteiger partial charge in [-0.15, -0.1) is 0 Å². The van der Waals surface area contributed by atoms with Crippen molar-refractivity contribution in [3.63, 3.8) is 0 Å². The molecule has 1 aliphatic heterocycles. The van der Waals surface area contributed by atoms with Gasteiger partial charge in [0.25, 0.3) is 0 Å². The average molecular weight is 293 g/mol. The normalized spacial score (nSPS) is 43.5. The number of likely N-dealkylation sites (tertiary alicyclic amines) is 1. The molecule has 3 nitrogen and oxygen atoms in total. The van der Waals surface area contributed by atoms with Crippen LogP contribution in [0.15, 0.2) is 0 Å². The van der Waals surface area contributed by atoms with Gasteiger partial charge in [-0.05, 0) is 55.8 Å². The molecule has 5 atom stereocenters. The lowest BCUT2D eigenvalue weighted by molar-refractivity contribution is -0.144. The molecular formula is C18H31NO2. The summed E-state index contributed by atoms with van der Waals surface area (Å²) in [5, 5.41) is 9.72. The number of fused-ring (bicyclic) bond motifs is 1. The van der Waals surface area contributed by atoms with Gasteiger partial charge in [-0.1, -0.05) is 33.6 Å². The molecule has 2 saturated carbocycles. The number of carbonyl (C=O) groups is 1. The van der Waals surface area contributed by atoms with E-state index in [0.29, 0.717) is 23.4 Å². The minimum absolute atomic E-state index is 0.218. The van der Waals surface area contributed by atoms with Crippen molar-refractivity contribution >= 4 is 5.97 Å². The van der Waals surface area contributed by atoms with Crippen molar-refractivity contribution in [2.24, 2.45) is 17.3 Å². The van der Waals surface area contributed by atoms with Gasteiger partial charge in [0.2, 0.25) is 0 Å². The molecule has 1 saturated heterocycles. The first kappa shape index (κ1) is 15.3. The van der Waals surface area contributed by atoms with Gasteiger partial charge in [0.1, 0.15) is 6.04 Å². The Hall–Kier alpha value is -0.570. The zero-order chi connectivity index (χ0) is 15.2. The van der Waals surface area contributed by atoms with Crippen LogP contribution in [0, 0.1) is 17.3 Å². The Balaban J connectivity index is 1.84. The third-order valence-electron chi connectivity index (χ3n) is 6.21. The van der Waals surface area contributed by atoms with Crippen LogP contribution in [0.4, 0.5) is 0 Å². The number of hydrogen-bond donors (Lipinski definition) is 1. The van der Waals surface area contributed by atoms with E-state index in [2.05, 4.69) is 25.7 Å². The van der Waals surface area contributed by atoms with Gasteiger partial charge in [-0.25, -0.2) is 0 Å². The van der Waals surface area contributed by atoms with Crippen molar-refractivity contribution in [1.82, 2.24) is 4.90 Å². The topological polar surface area (TPSA) is 40.5 Å². The van der Waals surface area contributed by atoms with Crippen LogP contribution in [0.3, 0.4) is 0 Å². The summed E-state index contributed by atoms with van der Waals surface area (Å²) < 4.78 is 0. The van der Waals surface area contributed by atoms with Crippen LogP contribution >= 0.6 is 0 Å². The van der Waals surface area contributed by atoms with Crippen LogP contribution < -0.4 is 0 Å². The standard InChI is InChI=1S/C18H31NO2/c1-12-8-14(11-18(2,3)10-12)19-15-7-5-4-6-13(15)9-16(19)17(20)21/h12-16H,4-11H2,1-3H3,(H,20,21). The summed E-state index contributed by atoms with van der Waals surface area (Å²) >= 11 is 0. The highest BCUT2D eigenvalue weighted by Crippen LogP contribution is 2.47. The second-order valence-electron chi connectivity index (χ2n) is 8.72. The molecule has 21 heavy (non-hydrogen) atoms. The summed E-state index contributed by atoms with van der Waals surface area (Å²) in [6, 6.07) is 0.813. The highest BCUT2D eigenvalue weighted by atomic mass is 16.4. The van der Waals surface area contributed by atoms with Crippen LogP contribution in [0.1, 0.15) is 72.1 Å². The molecule has 2 aliphatic carbocycles. The van der Waals surface area contributed by atoms with Gasteiger partial charge in [0.05, 0.1) is 0 Å². The molecule has 0 aromatic rings. The zero-order valence-electron chi connectivity index (χ0n) is 13.8. The highest BCUT2D eigenvalue weighted by molar-refractivity contribution is 5.74. The maximum absolute atomic E-state index is 11.8. The first-order valence-corrected chi connectivity index (χ1v) is 8.87. The fourth-order valence-electron chi connectivity index (χ4n) is 5.77. The first-order chi connectivity index (χ1) is 9.87. The fourth-order valence-corrected chi connectivity index (χ4v) is 5.77. The van der Waals surface area contributed by atoms with Crippen molar-refractivity contribution in [3.8, 4) is 0 Å². The van der Waals surface area contributed by atoms with Crippen LogP contribution in [0.25, 0.3) is 0 Å². The Morgan fingerprint density at radius 3 is 2.52 bits per heavy atom. The molecule has 1 N–H and O–H groups in total. The van der Waals surface area contributed by atoms with Crippen molar-refractivity contribution in [2.75, 3.05) is 0 Å². The quantitative estimate of drug-likeness (QED) is 0.839. The molecule has 0 spiro atoms. The summed E-state index contributed by atoms with van der Waals surface area (Å²) in [4.78, 5) is 14.3. The van der Waals surface area contributed by atoms with E-state index in [0.717, 1.165) is 12.3 Å². The van der Waals surface area contributed by atoms with Crippen molar-refractivity contribution in [1.29, 1.82) is 0 Å². The van der Waals surface area contributed by atoms with Crippen LogP contribution in [0.2, 0.25) is 0 Å². The number of rotatable bonds is 2. The summed E-state index contributed by atoms with van der Waals surface area (Å²) in [6.45, 7) is 7.07. The van der Waals surface area contributed by atoms with Gasteiger partial charge < -0.3 is 5.11 Å². The summed E-state index contributed by atoms with van der Waals surface area (Å²) in [5.74, 6) is 0.775. The van der Waals surface area contributed by atoms with Crippen LogP contribution in [-0.4, -0.2) is 34.1 Å². The van der Waals surface area contributed by atoms with Crippen molar-refractivity contribution in [2.45, 2.75) is 90.3 Å². The van der Waals surface area contributed by atoms with Crippen LogP contribution in [0.5, 0.6) is 0 Å². The van der Waals surface area contributed by atoms with Crippen molar-refractivity contribution < 1.29 is 9.90 Å². The predicted molar refractivity (Wildman–Crippen MR) is 84.2 cm³/mol. The fraction of sp³-hybridized carbons (Fsp3) is 0.944. The van der Waals surface area contributed by atoms with E-state index >= 15 is 0 Å². The molecule has 0 aromatic carbocycles. The van der Waals surface area contributed by atoms with E-state index < -0.39 is 5.97 Å². The van der Waals surface area contributed by atoms with Gasteiger partial charge in [-0.3, -0.25) is 9.69 Å². The number of carboxylic acid groups (broad SMARTS) is 1. The van der Waals surface area contributed by atoms with Gasteiger partial charge >= 0.3 is 5.97 Å². The lowest BCUT2D eigenvalue weighted by Crippen LogP contribution is -2.52. The predicted octanol–water partition coefficient (Wildman–Crippen LogP) is 3.92. The number of hydrogen-bond acceptors (Lipinski definition) is 2. The second-order valence-corrected chi connectivity index (χ2v) is 8.72. The molecule has 3 heteroatoms. The molecule has 0 aromatic heterocycles. The van der Waals surface area contributed by atoms with E-state index in [9.17, 15) is 9.90 Å². The van der Waals surface area contributed by atoms with Gasteiger partial charge in [0.15, 0.2) is 0 Å². The molecule has 0 bridgehead atoms. The molecule has 3 fully saturated rings. The zero-order valence-corrected chi connectivity index (χ0v) is 13.8. The third-order valence-corrected chi connectivity index (χ3v) is 6.21. The van der Waals surface area contributed by atoms with Gasteiger partial charge in [-0.2, -0.15) is 0 Å². The summed E-state index contributed by atoms with van der Waals surface area (Å²) in [5.41, 5.74) is 0.359. The monoisotopic (exact) mass is 293 g/mol. The Labute approximate surface area is 129 Å². The van der Waals surface area contributed by atoms with Crippen molar-refractivity contribution in [3.05, 3.63) is 0 Å². The Kier molecular flexibility index (Phi) is 4.06. The lowest BCUT2D eigenvalue weighted by atomic mass is 9.70. The Morgan fingerprint density at radius 2 is 1.86 bits per heavy atom. The second kappa shape index (κ2) is 5.57. The minimum Gasteiger partial charge on any atom is -0.480 e. The third kappa shape index (κ3) is 2.99. The maximum Gasteiger partial charge on any atom is 0.320 e. The smallest absolute Gasteiger partial charge is 0.320 e. The molecular weight excluding hydrogens is 262 g/mol. The molecule has 3 aliphatic rings. The number of carboxylic acids is 1. The molecule has 0 amide bonds. The number of aliphatic carboxylic acids is 1. The minimum atomic E-state index is -0.583. The number of nitrogens with zero attached hydrogens (tertiary/aromatic N) is 1. The van der Waals surface area contributed by atoms with E-state index in [-0.39, 0.29) is 6.04 Å². The van der Waals surface area contributed by atoms with Crippen LogP contribution in [-0.2, 0) is 4.79 Å². The summed E-state index contributed by atoms with van der Waals surface area (Å²) in [6.07, 6.45) is 9.59. The molecule has 3 rings (SSSR count). The molecule has 1 heterocycles. The van der Waals surface area contributed by atoms with Gasteiger partial charge in [0, 0.05) is 12.1 Å². The van der Waals surface area contributed by atoms with E-state index in [1.54, 1.807) is 0 Å². The molecule has 5 unspecified atom stereocenters. The summed E-state index contributed by atoms with van der Waals surface area (Å²) in [7, 11) is 0. The lowest BCUT2D eigenvalue weighted by Gasteiger charge is -2.47. The van der Waals surface area contributed by atoms with E-state index in [1.807, 2.05) is 0 Å². The average Bonchev–Trinajstić information content (AvgIpc) is 2.75. The SMILES string of the molecule is CC1CC(N2C(C(=O)O)CC3CCCCC32)CC(C)(C)C1. The highest BCUT2D eigenvalue weighted by Gasteiger charge is 2.49. The Bertz CT molecular complexity index is 406. The Morgan fingerprint density at radius 1 is 1.14 bits per heavy atom. The largest absolute Gasteiger partial charge is 0.480 e. The molecule has 120 valence electrons. The first-order valence-electron chi connectivity index (χ1n) is 8.87. The van der Waals surface area contributed by atoms with E-state index in [4.69, 9.17) is 0 Å². The van der Waals surface area contributed by atoms with E-state index in [1.165, 1.54) is 44.9 Å².